The molecule has 0 atom stereocenters. The standard InChI is InChI=1S/C22H26N6O2/c29-22-12-21(18-1-5-23-6-2-18)24-16-27(22)13-17-3-7-26(8-4-17)14-19-11-20-15-30-10-9-28(20)25-19/h1-2,5-6,11-12,16-17H,3-4,7-10,13-15H2. The highest BCUT2D eigenvalue weighted by molar-refractivity contribution is 5.57. The van der Waals surface area contributed by atoms with Gasteiger partial charge >= 0.3 is 0 Å². The highest BCUT2D eigenvalue weighted by atomic mass is 16.5. The number of ether oxygens (including phenoxy) is 1. The number of nitrogens with zero attached hydrogens (tertiary/aromatic N) is 6. The maximum Gasteiger partial charge on any atom is 0.253 e. The lowest BCUT2D eigenvalue weighted by Crippen LogP contribution is -2.36. The smallest absolute Gasteiger partial charge is 0.253 e. The summed E-state index contributed by atoms with van der Waals surface area (Å²) >= 11 is 0. The van der Waals surface area contributed by atoms with Gasteiger partial charge in [-0.2, -0.15) is 5.10 Å². The molecule has 0 aliphatic carbocycles. The van der Waals surface area contributed by atoms with Crippen molar-refractivity contribution in [3.8, 4) is 11.3 Å². The van der Waals surface area contributed by atoms with E-state index in [1.807, 2.05) is 12.1 Å². The minimum atomic E-state index is 0.00468. The Balaban J connectivity index is 1.16. The van der Waals surface area contributed by atoms with Crippen molar-refractivity contribution in [2.24, 2.45) is 5.92 Å². The molecule has 0 spiro atoms. The number of piperidine rings is 1. The Labute approximate surface area is 175 Å². The lowest BCUT2D eigenvalue weighted by Gasteiger charge is -2.31. The first-order valence-electron chi connectivity index (χ1n) is 10.6. The Morgan fingerprint density at radius 2 is 1.93 bits per heavy atom. The van der Waals surface area contributed by atoms with Crippen LogP contribution in [0.4, 0.5) is 0 Å². The zero-order valence-electron chi connectivity index (χ0n) is 17.0. The van der Waals surface area contributed by atoms with Crippen molar-refractivity contribution >= 4 is 0 Å². The lowest BCUT2D eigenvalue weighted by molar-refractivity contribution is 0.0799. The number of rotatable bonds is 5. The van der Waals surface area contributed by atoms with E-state index in [1.165, 1.54) is 5.69 Å². The number of hydrogen-bond acceptors (Lipinski definition) is 6. The van der Waals surface area contributed by atoms with E-state index >= 15 is 0 Å². The third-order valence-corrected chi connectivity index (χ3v) is 6.01. The number of pyridine rings is 1. The maximum absolute atomic E-state index is 12.6. The fourth-order valence-electron chi connectivity index (χ4n) is 4.31. The van der Waals surface area contributed by atoms with Gasteiger partial charge in [0.2, 0.25) is 0 Å². The summed E-state index contributed by atoms with van der Waals surface area (Å²) in [6, 6.07) is 7.52. The van der Waals surface area contributed by atoms with Crippen LogP contribution in [0.5, 0.6) is 0 Å². The zero-order valence-corrected chi connectivity index (χ0v) is 17.0. The van der Waals surface area contributed by atoms with Crippen LogP contribution in [0.3, 0.4) is 0 Å². The normalized spacial score (nSPS) is 17.7. The predicted molar refractivity (Wildman–Crippen MR) is 112 cm³/mol. The molecule has 3 aromatic heterocycles. The first-order valence-corrected chi connectivity index (χ1v) is 10.6. The molecule has 0 saturated carbocycles. The fraction of sp³-hybridized carbons (Fsp3) is 0.455. The molecule has 0 bridgehead atoms. The van der Waals surface area contributed by atoms with E-state index < -0.39 is 0 Å². The van der Waals surface area contributed by atoms with Crippen molar-refractivity contribution in [3.05, 3.63) is 64.7 Å². The summed E-state index contributed by atoms with van der Waals surface area (Å²) in [6.45, 7) is 5.93. The summed E-state index contributed by atoms with van der Waals surface area (Å²) in [5.74, 6) is 0.496. The number of aromatic nitrogens is 5. The SMILES string of the molecule is O=c1cc(-c2ccncc2)ncn1CC1CCN(Cc2cc3n(n2)CCOC3)CC1. The number of fused-ring (bicyclic) bond motifs is 1. The molecule has 5 rings (SSSR count). The fourth-order valence-corrected chi connectivity index (χ4v) is 4.31. The Morgan fingerprint density at radius 3 is 2.70 bits per heavy atom. The van der Waals surface area contributed by atoms with Crippen LogP contribution in [-0.2, 0) is 31.0 Å². The minimum Gasteiger partial charge on any atom is -0.373 e. The average Bonchev–Trinajstić information content (AvgIpc) is 3.19. The summed E-state index contributed by atoms with van der Waals surface area (Å²) < 4.78 is 9.32. The summed E-state index contributed by atoms with van der Waals surface area (Å²) in [5.41, 5.74) is 3.91. The lowest BCUT2D eigenvalue weighted by atomic mass is 9.96. The topological polar surface area (TPSA) is 78.1 Å². The zero-order chi connectivity index (χ0) is 20.3. The minimum absolute atomic E-state index is 0.00468. The maximum atomic E-state index is 12.6. The van der Waals surface area contributed by atoms with Crippen molar-refractivity contribution < 1.29 is 4.74 Å². The third-order valence-electron chi connectivity index (χ3n) is 6.01. The summed E-state index contributed by atoms with van der Waals surface area (Å²) in [5, 5.41) is 4.71. The van der Waals surface area contributed by atoms with Gasteiger partial charge in [-0.05, 0) is 50.0 Å². The molecule has 5 heterocycles. The van der Waals surface area contributed by atoms with Crippen molar-refractivity contribution in [3.63, 3.8) is 0 Å². The Hall–Kier alpha value is -2.84. The second-order valence-electron chi connectivity index (χ2n) is 8.12. The quantitative estimate of drug-likeness (QED) is 0.644. The first-order chi connectivity index (χ1) is 14.7. The van der Waals surface area contributed by atoms with Gasteiger partial charge in [0.05, 0.1) is 43.2 Å². The van der Waals surface area contributed by atoms with Gasteiger partial charge in [0.1, 0.15) is 0 Å². The van der Waals surface area contributed by atoms with Crippen molar-refractivity contribution in [2.75, 3.05) is 19.7 Å². The van der Waals surface area contributed by atoms with Crippen LogP contribution in [0.2, 0.25) is 0 Å². The van der Waals surface area contributed by atoms with E-state index in [4.69, 9.17) is 9.84 Å². The molecule has 0 amide bonds. The van der Waals surface area contributed by atoms with Gasteiger partial charge in [-0.25, -0.2) is 4.98 Å². The van der Waals surface area contributed by atoms with E-state index in [0.29, 0.717) is 18.2 Å². The average molecular weight is 406 g/mol. The van der Waals surface area contributed by atoms with Crippen LogP contribution in [0.15, 0.2) is 47.8 Å². The molecule has 8 heteroatoms. The first kappa shape index (κ1) is 19.1. The molecule has 3 aromatic rings. The number of hydrogen-bond donors (Lipinski definition) is 0. The Kier molecular flexibility index (Phi) is 5.42. The van der Waals surface area contributed by atoms with Crippen LogP contribution in [-0.4, -0.2) is 48.9 Å². The Morgan fingerprint density at radius 1 is 1.10 bits per heavy atom. The molecule has 8 nitrogen and oxygen atoms in total. The molecule has 1 saturated heterocycles. The van der Waals surface area contributed by atoms with E-state index in [1.54, 1.807) is 29.4 Å². The molecular weight excluding hydrogens is 380 g/mol. The predicted octanol–water partition coefficient (Wildman–Crippen LogP) is 1.94. The molecule has 0 N–H and O–H groups in total. The van der Waals surface area contributed by atoms with Gasteiger partial charge in [-0.15, -0.1) is 0 Å². The summed E-state index contributed by atoms with van der Waals surface area (Å²) in [4.78, 5) is 23.5. The van der Waals surface area contributed by atoms with E-state index in [0.717, 1.165) is 63.4 Å². The third kappa shape index (κ3) is 4.20. The van der Waals surface area contributed by atoms with Crippen molar-refractivity contribution in [1.82, 2.24) is 29.2 Å². The molecule has 0 radical (unpaired) electrons. The Bertz CT molecular complexity index is 1030. The van der Waals surface area contributed by atoms with E-state index in [-0.39, 0.29) is 5.56 Å². The molecular formula is C22H26N6O2. The molecule has 30 heavy (non-hydrogen) atoms. The molecule has 156 valence electrons. The molecule has 2 aliphatic heterocycles. The number of likely N-dealkylation sites (tertiary alicyclic amines) is 1. The monoisotopic (exact) mass is 406 g/mol. The van der Waals surface area contributed by atoms with Crippen LogP contribution in [0, 0.1) is 5.92 Å². The van der Waals surface area contributed by atoms with Gasteiger partial charge in [0.15, 0.2) is 0 Å². The summed E-state index contributed by atoms with van der Waals surface area (Å²) in [6.07, 6.45) is 7.26. The van der Waals surface area contributed by atoms with Gasteiger partial charge in [-0.3, -0.25) is 23.9 Å². The molecule has 0 aromatic carbocycles. The van der Waals surface area contributed by atoms with Crippen molar-refractivity contribution in [1.29, 1.82) is 0 Å². The van der Waals surface area contributed by atoms with Crippen LogP contribution in [0.25, 0.3) is 11.3 Å². The largest absolute Gasteiger partial charge is 0.373 e. The van der Waals surface area contributed by atoms with Crippen LogP contribution < -0.4 is 5.56 Å². The molecule has 2 aliphatic rings. The highest BCUT2D eigenvalue weighted by Gasteiger charge is 2.22. The van der Waals surface area contributed by atoms with E-state index in [2.05, 4.69) is 25.6 Å². The van der Waals surface area contributed by atoms with Crippen LogP contribution in [0.1, 0.15) is 24.2 Å². The summed E-state index contributed by atoms with van der Waals surface area (Å²) in [7, 11) is 0. The highest BCUT2D eigenvalue weighted by Crippen LogP contribution is 2.21. The second-order valence-corrected chi connectivity index (χ2v) is 8.12. The second kappa shape index (κ2) is 8.49. The van der Waals surface area contributed by atoms with Crippen LogP contribution >= 0.6 is 0 Å². The van der Waals surface area contributed by atoms with Gasteiger partial charge in [-0.1, -0.05) is 0 Å². The van der Waals surface area contributed by atoms with Gasteiger partial charge < -0.3 is 4.74 Å². The molecule has 0 unspecified atom stereocenters. The molecule has 1 fully saturated rings. The van der Waals surface area contributed by atoms with Crippen molar-refractivity contribution in [2.45, 2.75) is 39.1 Å². The van der Waals surface area contributed by atoms with E-state index in [9.17, 15) is 4.79 Å². The van der Waals surface area contributed by atoms with Gasteiger partial charge in [0.25, 0.3) is 5.56 Å². The van der Waals surface area contributed by atoms with Gasteiger partial charge in [0, 0.05) is 37.1 Å².